The molecule has 0 aliphatic heterocycles. The summed E-state index contributed by atoms with van der Waals surface area (Å²) >= 11 is 1.45. The summed E-state index contributed by atoms with van der Waals surface area (Å²) in [4.78, 5) is 24.5. The molecular weight excluding hydrogens is 298 g/mol. The Morgan fingerprint density at radius 3 is 2.90 bits per heavy atom. The van der Waals surface area contributed by atoms with E-state index in [-0.39, 0.29) is 19.6 Å². The lowest BCUT2D eigenvalue weighted by molar-refractivity contribution is -0.142. The molecule has 0 bridgehead atoms. The van der Waals surface area contributed by atoms with Gasteiger partial charge in [-0.05, 0) is 16.7 Å². The van der Waals surface area contributed by atoms with Crippen LogP contribution < -0.4 is 5.32 Å². The third kappa shape index (κ3) is 4.07. The highest BCUT2D eigenvalue weighted by Crippen LogP contribution is 2.19. The number of hydrogen-bond acceptors (Lipinski definition) is 7. The van der Waals surface area contributed by atoms with Gasteiger partial charge < -0.3 is 15.5 Å². The quantitative estimate of drug-likeness (QED) is 0.619. The number of thiophene rings is 1. The van der Waals surface area contributed by atoms with Crippen molar-refractivity contribution in [3.8, 4) is 10.7 Å². The predicted molar refractivity (Wildman–Crippen MR) is 72.4 cm³/mol. The van der Waals surface area contributed by atoms with E-state index in [9.17, 15) is 9.59 Å². The minimum Gasteiger partial charge on any atom is -0.480 e. The van der Waals surface area contributed by atoms with Gasteiger partial charge in [0.25, 0.3) is 0 Å². The number of aliphatic hydroxyl groups excluding tert-OH is 1. The van der Waals surface area contributed by atoms with Gasteiger partial charge in [0.15, 0.2) is 0 Å². The predicted octanol–water partition coefficient (Wildman–Crippen LogP) is -0.647. The topological polar surface area (TPSA) is 130 Å². The van der Waals surface area contributed by atoms with Gasteiger partial charge in [0.1, 0.15) is 12.6 Å². The number of aliphatic carboxylic acids is 1. The molecule has 2 aromatic rings. The molecule has 0 saturated carbocycles. The number of aliphatic hydroxyl groups is 1. The molecule has 2 aromatic heterocycles. The summed E-state index contributed by atoms with van der Waals surface area (Å²) in [6, 6.07) is 2.54. The van der Waals surface area contributed by atoms with Crippen molar-refractivity contribution in [1.29, 1.82) is 0 Å². The van der Waals surface area contributed by atoms with Crippen LogP contribution in [0.4, 0.5) is 0 Å². The van der Waals surface area contributed by atoms with Crippen molar-refractivity contribution in [2.75, 3.05) is 6.61 Å². The Bertz CT molecular complexity index is 612. The molecule has 2 rings (SSSR count). The monoisotopic (exact) mass is 311 g/mol. The van der Waals surface area contributed by atoms with E-state index in [0.29, 0.717) is 5.82 Å². The molecule has 1 amide bonds. The molecule has 0 radical (unpaired) electrons. The molecule has 112 valence electrons. The van der Waals surface area contributed by atoms with Crippen LogP contribution >= 0.6 is 11.3 Å². The number of amides is 1. The van der Waals surface area contributed by atoms with Crippen molar-refractivity contribution in [3.05, 3.63) is 17.5 Å². The normalized spacial score (nSPS) is 12.0. The Balaban J connectivity index is 1.95. The fourth-order valence-electron chi connectivity index (χ4n) is 1.57. The Hall–Kier alpha value is -2.33. The smallest absolute Gasteiger partial charge is 0.326 e. The maximum Gasteiger partial charge on any atom is 0.326 e. The van der Waals surface area contributed by atoms with Gasteiger partial charge in [0, 0.05) is 13.0 Å². The Kier molecular flexibility index (Phi) is 4.95. The van der Waals surface area contributed by atoms with Crippen LogP contribution in [0.2, 0.25) is 0 Å². The number of carboxylic acid groups (broad SMARTS) is 1. The van der Waals surface area contributed by atoms with Crippen molar-refractivity contribution in [1.82, 2.24) is 25.5 Å². The molecule has 10 heteroatoms. The number of nitrogens with zero attached hydrogens (tertiary/aromatic N) is 4. The van der Waals surface area contributed by atoms with Crippen LogP contribution in [-0.4, -0.2) is 54.9 Å². The SMILES string of the molecule is O=C(Cn1nnc(-c2cccs2)n1)N[C@H](CCO)C(=O)O. The van der Waals surface area contributed by atoms with Gasteiger partial charge in [-0.15, -0.1) is 21.5 Å². The van der Waals surface area contributed by atoms with E-state index < -0.39 is 17.9 Å². The fourth-order valence-corrected chi connectivity index (χ4v) is 2.22. The molecule has 0 unspecified atom stereocenters. The number of carbonyl (C=O) groups excluding carboxylic acids is 1. The van der Waals surface area contributed by atoms with Crippen LogP contribution in [0.5, 0.6) is 0 Å². The van der Waals surface area contributed by atoms with Crippen LogP contribution in [0.25, 0.3) is 10.7 Å². The highest BCUT2D eigenvalue weighted by molar-refractivity contribution is 7.13. The fraction of sp³-hybridized carbons (Fsp3) is 0.364. The number of rotatable bonds is 7. The number of tetrazole rings is 1. The summed E-state index contributed by atoms with van der Waals surface area (Å²) in [5.74, 6) is -1.36. The molecule has 1 atom stereocenters. The zero-order valence-electron chi connectivity index (χ0n) is 10.8. The summed E-state index contributed by atoms with van der Waals surface area (Å²) in [7, 11) is 0. The standard InChI is InChI=1S/C11H13N5O4S/c17-4-3-7(11(19)20)12-9(18)6-16-14-10(13-15-16)8-2-1-5-21-8/h1-2,5,7,17H,3-4,6H2,(H,12,18)(H,19,20)/t7-/m1/s1. The third-order valence-corrected chi connectivity index (χ3v) is 3.40. The van der Waals surface area contributed by atoms with Gasteiger partial charge in [0.2, 0.25) is 11.7 Å². The maximum absolute atomic E-state index is 11.7. The van der Waals surface area contributed by atoms with Gasteiger partial charge in [-0.3, -0.25) is 4.79 Å². The molecule has 21 heavy (non-hydrogen) atoms. The average molecular weight is 311 g/mol. The molecule has 2 heterocycles. The molecule has 0 aromatic carbocycles. The summed E-state index contributed by atoms with van der Waals surface area (Å²) in [6.45, 7) is -0.574. The molecule has 0 aliphatic rings. The lowest BCUT2D eigenvalue weighted by Gasteiger charge is -2.12. The Morgan fingerprint density at radius 2 is 2.29 bits per heavy atom. The van der Waals surface area contributed by atoms with E-state index in [1.807, 2.05) is 17.5 Å². The number of aromatic nitrogens is 4. The van der Waals surface area contributed by atoms with Gasteiger partial charge in [0.05, 0.1) is 4.88 Å². The van der Waals surface area contributed by atoms with Crippen LogP contribution in [0.1, 0.15) is 6.42 Å². The zero-order valence-corrected chi connectivity index (χ0v) is 11.7. The number of carboxylic acids is 1. The van der Waals surface area contributed by atoms with Crippen LogP contribution in [0, 0.1) is 0 Å². The van der Waals surface area contributed by atoms with E-state index in [0.717, 1.165) is 9.67 Å². The zero-order chi connectivity index (χ0) is 15.2. The highest BCUT2D eigenvalue weighted by atomic mass is 32.1. The first-order chi connectivity index (χ1) is 10.1. The number of hydrogen-bond donors (Lipinski definition) is 3. The summed E-state index contributed by atoms with van der Waals surface area (Å²) in [6.07, 6.45) is -0.0632. The molecule has 0 spiro atoms. The minimum atomic E-state index is -1.21. The molecule has 3 N–H and O–H groups in total. The molecular formula is C11H13N5O4S. The maximum atomic E-state index is 11.7. The second-order valence-corrected chi connectivity index (χ2v) is 5.04. The summed E-state index contributed by atoms with van der Waals surface area (Å²) < 4.78 is 0. The van der Waals surface area contributed by atoms with Gasteiger partial charge >= 0.3 is 5.97 Å². The number of carbonyl (C=O) groups is 2. The van der Waals surface area contributed by atoms with E-state index in [4.69, 9.17) is 10.2 Å². The van der Waals surface area contributed by atoms with Crippen molar-refractivity contribution in [2.45, 2.75) is 19.0 Å². The first-order valence-corrected chi connectivity index (χ1v) is 6.93. The van der Waals surface area contributed by atoms with E-state index in [2.05, 4.69) is 20.7 Å². The first kappa shape index (κ1) is 15.1. The van der Waals surface area contributed by atoms with Crippen LogP contribution in [0.15, 0.2) is 17.5 Å². The molecule has 0 fully saturated rings. The number of nitrogens with one attached hydrogen (secondary N) is 1. The molecule has 0 aliphatic carbocycles. The summed E-state index contributed by atoms with van der Waals surface area (Å²) in [5.41, 5.74) is 0. The van der Waals surface area contributed by atoms with Crippen molar-refractivity contribution in [3.63, 3.8) is 0 Å². The van der Waals surface area contributed by atoms with E-state index in [1.54, 1.807) is 0 Å². The first-order valence-electron chi connectivity index (χ1n) is 6.05. The van der Waals surface area contributed by atoms with Crippen molar-refractivity contribution < 1.29 is 19.8 Å². The lowest BCUT2D eigenvalue weighted by Crippen LogP contribution is -2.43. The average Bonchev–Trinajstić information content (AvgIpc) is 3.08. The van der Waals surface area contributed by atoms with E-state index >= 15 is 0 Å². The Morgan fingerprint density at radius 1 is 1.48 bits per heavy atom. The lowest BCUT2D eigenvalue weighted by atomic mass is 10.2. The second kappa shape index (κ2) is 6.90. The second-order valence-electron chi connectivity index (χ2n) is 4.09. The highest BCUT2D eigenvalue weighted by Gasteiger charge is 2.20. The Labute approximate surface area is 123 Å². The van der Waals surface area contributed by atoms with Gasteiger partial charge in [-0.2, -0.15) is 4.80 Å². The van der Waals surface area contributed by atoms with Crippen LogP contribution in [-0.2, 0) is 16.1 Å². The van der Waals surface area contributed by atoms with Crippen LogP contribution in [0.3, 0.4) is 0 Å². The van der Waals surface area contributed by atoms with Gasteiger partial charge in [-0.1, -0.05) is 6.07 Å². The van der Waals surface area contributed by atoms with E-state index in [1.165, 1.54) is 11.3 Å². The molecule has 9 nitrogen and oxygen atoms in total. The van der Waals surface area contributed by atoms with Gasteiger partial charge in [-0.25, -0.2) is 4.79 Å². The largest absolute Gasteiger partial charge is 0.480 e. The summed E-state index contributed by atoms with van der Waals surface area (Å²) in [5, 5.41) is 33.4. The minimum absolute atomic E-state index is 0.0632. The third-order valence-electron chi connectivity index (χ3n) is 2.53. The van der Waals surface area contributed by atoms with Crippen molar-refractivity contribution >= 4 is 23.2 Å². The molecule has 0 saturated heterocycles. The van der Waals surface area contributed by atoms with Crippen molar-refractivity contribution in [2.24, 2.45) is 0 Å².